The van der Waals surface area contributed by atoms with E-state index < -0.39 is 12.0 Å². The zero-order valence-corrected chi connectivity index (χ0v) is 28.8. The van der Waals surface area contributed by atoms with Crippen molar-refractivity contribution in [2.45, 2.75) is 19.6 Å². The third kappa shape index (κ3) is 6.83. The first-order valence-corrected chi connectivity index (χ1v) is 16.6. The molecule has 2 heterocycles. The van der Waals surface area contributed by atoms with Crippen molar-refractivity contribution in [3.8, 4) is 23.0 Å². The number of esters is 1. The van der Waals surface area contributed by atoms with Gasteiger partial charge >= 0.3 is 5.97 Å². The van der Waals surface area contributed by atoms with Gasteiger partial charge in [-0.15, -0.1) is 0 Å². The van der Waals surface area contributed by atoms with Crippen molar-refractivity contribution < 1.29 is 28.5 Å². The Morgan fingerprint density at radius 2 is 1.57 bits per heavy atom. The number of aromatic nitrogens is 1. The SMILES string of the molecule is CCOC(=O)C1=C(c2ccccc2)N=c2s/c(=C\c3ccc(OCc4ccccc4Cl)c(OC)c3)c(=O)n2[C@H]1c1ccc(OC)c(OC)c1. The maximum absolute atomic E-state index is 14.3. The number of nitrogens with zero attached hydrogens (tertiary/aromatic N) is 2. The summed E-state index contributed by atoms with van der Waals surface area (Å²) >= 11 is 7.53. The minimum Gasteiger partial charge on any atom is -0.493 e. The van der Waals surface area contributed by atoms with E-state index in [2.05, 4.69) is 0 Å². The standard InChI is InChI=1S/C38H33ClN2O7S/c1-5-47-37(43)33-34(24-11-7-6-8-12-24)40-38-41(35(33)25-16-18-28(44-2)31(21-25)46-4)36(42)32(49-38)20-23-15-17-29(30(19-23)45-3)48-22-26-13-9-10-14-27(26)39/h6-21,35H,5,22H2,1-4H3/b32-20-/t35-/m0/s1. The maximum atomic E-state index is 14.3. The Hall–Kier alpha value is -5.32. The average Bonchev–Trinajstić information content (AvgIpc) is 3.44. The van der Waals surface area contributed by atoms with E-state index in [9.17, 15) is 9.59 Å². The Morgan fingerprint density at radius 3 is 2.29 bits per heavy atom. The lowest BCUT2D eigenvalue weighted by atomic mass is 9.93. The zero-order chi connectivity index (χ0) is 34.5. The van der Waals surface area contributed by atoms with Crippen LogP contribution in [0.1, 0.15) is 35.2 Å². The van der Waals surface area contributed by atoms with E-state index in [1.807, 2.05) is 66.7 Å². The summed E-state index contributed by atoms with van der Waals surface area (Å²) in [6.45, 7) is 2.15. The van der Waals surface area contributed by atoms with Crippen LogP contribution in [0.4, 0.5) is 0 Å². The Kier molecular flexibility index (Phi) is 10.2. The molecule has 6 rings (SSSR count). The molecule has 11 heteroatoms. The first-order chi connectivity index (χ1) is 23.9. The van der Waals surface area contributed by atoms with Gasteiger partial charge in [0, 0.05) is 16.1 Å². The fourth-order valence-electron chi connectivity index (χ4n) is 5.59. The molecule has 0 radical (unpaired) electrons. The van der Waals surface area contributed by atoms with Crippen LogP contribution in [-0.2, 0) is 16.1 Å². The lowest BCUT2D eigenvalue weighted by Gasteiger charge is -2.26. The largest absolute Gasteiger partial charge is 0.493 e. The van der Waals surface area contributed by atoms with Crippen LogP contribution in [0, 0.1) is 0 Å². The van der Waals surface area contributed by atoms with Gasteiger partial charge in [0.15, 0.2) is 27.8 Å². The summed E-state index contributed by atoms with van der Waals surface area (Å²) in [5, 5.41) is 0.612. The van der Waals surface area contributed by atoms with Gasteiger partial charge < -0.3 is 23.7 Å². The van der Waals surface area contributed by atoms with Crippen molar-refractivity contribution in [1.82, 2.24) is 4.57 Å². The maximum Gasteiger partial charge on any atom is 0.338 e. The van der Waals surface area contributed by atoms with E-state index in [0.29, 0.717) is 59.7 Å². The zero-order valence-electron chi connectivity index (χ0n) is 27.3. The molecule has 1 aliphatic rings. The fourth-order valence-corrected chi connectivity index (χ4v) is 6.79. The van der Waals surface area contributed by atoms with Crippen molar-refractivity contribution in [3.05, 3.63) is 144 Å². The second-order valence-corrected chi connectivity index (χ2v) is 12.3. The highest BCUT2D eigenvalue weighted by Crippen LogP contribution is 2.38. The Bertz CT molecular complexity index is 2230. The molecule has 1 aliphatic heterocycles. The molecule has 0 saturated heterocycles. The molecule has 0 N–H and O–H groups in total. The molecular weight excluding hydrogens is 664 g/mol. The normalized spacial score (nSPS) is 14.1. The summed E-state index contributed by atoms with van der Waals surface area (Å²) in [5.74, 6) is 1.41. The smallest absolute Gasteiger partial charge is 0.338 e. The van der Waals surface area contributed by atoms with Crippen LogP contribution in [0.2, 0.25) is 5.02 Å². The number of benzene rings is 4. The van der Waals surface area contributed by atoms with Crippen LogP contribution in [0.25, 0.3) is 11.8 Å². The fraction of sp³-hybridized carbons (Fsp3) is 0.184. The van der Waals surface area contributed by atoms with Crippen molar-refractivity contribution in [1.29, 1.82) is 0 Å². The highest BCUT2D eigenvalue weighted by molar-refractivity contribution is 7.07. The Labute approximate surface area is 291 Å². The summed E-state index contributed by atoms with van der Waals surface area (Å²) in [7, 11) is 4.64. The first-order valence-electron chi connectivity index (χ1n) is 15.4. The Morgan fingerprint density at radius 1 is 0.878 bits per heavy atom. The summed E-state index contributed by atoms with van der Waals surface area (Å²) in [5.41, 5.74) is 3.23. The quantitative estimate of drug-likeness (QED) is 0.152. The van der Waals surface area contributed by atoms with Gasteiger partial charge in [0.1, 0.15) is 6.61 Å². The van der Waals surface area contributed by atoms with Crippen molar-refractivity contribution >= 4 is 40.7 Å². The molecule has 0 spiro atoms. The van der Waals surface area contributed by atoms with Crippen LogP contribution in [-0.4, -0.2) is 38.5 Å². The number of fused-ring (bicyclic) bond motifs is 1. The predicted octanol–water partition coefficient (Wildman–Crippen LogP) is 6.19. The molecule has 250 valence electrons. The van der Waals surface area contributed by atoms with Gasteiger partial charge in [0.05, 0.1) is 49.8 Å². The van der Waals surface area contributed by atoms with Crippen molar-refractivity contribution in [3.63, 3.8) is 0 Å². The molecule has 9 nitrogen and oxygen atoms in total. The Balaban J connectivity index is 1.50. The number of carbonyl (C=O) groups is 1. The minimum absolute atomic E-state index is 0.146. The van der Waals surface area contributed by atoms with Gasteiger partial charge in [0.2, 0.25) is 0 Å². The first kappa shape index (κ1) is 33.6. The molecule has 0 fully saturated rings. The number of hydrogen-bond acceptors (Lipinski definition) is 9. The van der Waals surface area contributed by atoms with Crippen LogP contribution in [0.5, 0.6) is 23.0 Å². The summed E-state index contributed by atoms with van der Waals surface area (Å²) in [6.07, 6.45) is 1.77. The number of carbonyl (C=O) groups excluding carboxylic acids is 1. The van der Waals surface area contributed by atoms with E-state index >= 15 is 0 Å². The highest BCUT2D eigenvalue weighted by Gasteiger charge is 2.35. The van der Waals surface area contributed by atoms with E-state index in [0.717, 1.165) is 5.56 Å². The predicted molar refractivity (Wildman–Crippen MR) is 189 cm³/mol. The van der Waals surface area contributed by atoms with Gasteiger partial charge in [-0.05, 0) is 54.5 Å². The number of methoxy groups -OCH3 is 3. The summed E-state index contributed by atoms with van der Waals surface area (Å²) in [4.78, 5) is 33.5. The molecule has 1 aromatic heterocycles. The highest BCUT2D eigenvalue weighted by atomic mass is 35.5. The summed E-state index contributed by atoms with van der Waals surface area (Å²) < 4.78 is 30.3. The van der Waals surface area contributed by atoms with Crippen LogP contribution < -0.4 is 33.8 Å². The molecule has 1 atom stereocenters. The molecule has 4 aromatic carbocycles. The second kappa shape index (κ2) is 14.8. The third-order valence-corrected chi connectivity index (χ3v) is 9.28. The molecule has 49 heavy (non-hydrogen) atoms. The lowest BCUT2D eigenvalue weighted by Crippen LogP contribution is -2.40. The molecule has 0 aliphatic carbocycles. The lowest BCUT2D eigenvalue weighted by molar-refractivity contribution is -0.138. The van der Waals surface area contributed by atoms with E-state index in [-0.39, 0.29) is 24.3 Å². The number of halogens is 1. The van der Waals surface area contributed by atoms with Crippen molar-refractivity contribution in [2.75, 3.05) is 27.9 Å². The van der Waals surface area contributed by atoms with Gasteiger partial charge in [-0.25, -0.2) is 9.79 Å². The molecule has 0 unspecified atom stereocenters. The molecular formula is C38H33ClN2O7S. The van der Waals surface area contributed by atoms with Gasteiger partial charge in [-0.3, -0.25) is 9.36 Å². The second-order valence-electron chi connectivity index (χ2n) is 10.8. The number of rotatable bonds is 11. The third-order valence-electron chi connectivity index (χ3n) is 7.92. The van der Waals surface area contributed by atoms with Gasteiger partial charge in [-0.2, -0.15) is 0 Å². The van der Waals surface area contributed by atoms with Gasteiger partial charge in [0.25, 0.3) is 5.56 Å². The van der Waals surface area contributed by atoms with E-state index in [4.69, 9.17) is 40.3 Å². The number of ether oxygens (including phenoxy) is 5. The van der Waals surface area contributed by atoms with E-state index in [1.165, 1.54) is 23.0 Å². The van der Waals surface area contributed by atoms with Crippen LogP contribution >= 0.6 is 22.9 Å². The number of hydrogen-bond donors (Lipinski definition) is 0. The molecule has 5 aromatic rings. The number of thiazole rings is 1. The van der Waals surface area contributed by atoms with Crippen LogP contribution in [0.15, 0.2) is 106 Å². The average molecular weight is 697 g/mol. The molecule has 0 saturated carbocycles. The van der Waals surface area contributed by atoms with Gasteiger partial charge in [-0.1, -0.05) is 83.6 Å². The topological polar surface area (TPSA) is 97.6 Å². The monoisotopic (exact) mass is 696 g/mol. The molecule has 0 bridgehead atoms. The van der Waals surface area contributed by atoms with Crippen LogP contribution in [0.3, 0.4) is 0 Å². The molecule has 0 amide bonds. The minimum atomic E-state index is -0.873. The van der Waals surface area contributed by atoms with Crippen molar-refractivity contribution in [2.24, 2.45) is 4.99 Å². The summed E-state index contributed by atoms with van der Waals surface area (Å²) in [6, 6.07) is 26.7. The van der Waals surface area contributed by atoms with E-state index in [1.54, 1.807) is 51.5 Å².